The molecular weight excluding hydrogens is 96.0 g/mol. The van der Waals surface area contributed by atoms with Gasteiger partial charge in [-0.25, -0.2) is 0 Å². The average molecular weight is 104 g/mol. The van der Waals surface area contributed by atoms with Gasteiger partial charge in [0.05, 0.1) is 0 Å². The summed E-state index contributed by atoms with van der Waals surface area (Å²) in [6.07, 6.45) is 0. The van der Waals surface area contributed by atoms with E-state index in [1.165, 1.54) is 0 Å². The first kappa shape index (κ1) is 6.36. The minimum atomic E-state index is -0.113. The highest BCUT2D eigenvalue weighted by Gasteiger charge is 1.90. The largest absolute Gasteiger partial charge is 0.362 e. The predicted octanol–water partition coefficient (Wildman–Crippen LogP) is 0.0316. The molecule has 0 radical (unpaired) electrons. The first-order valence-electron chi connectivity index (χ1n) is 1.97. The number of rotatable bonds is 3. The highest BCUT2D eigenvalue weighted by atomic mass is 16.7. The molecule has 0 fully saturated rings. The Morgan fingerprint density at radius 3 is 2.71 bits per heavy atom. The predicted molar refractivity (Wildman–Crippen MR) is 25.4 cm³/mol. The van der Waals surface area contributed by atoms with Crippen molar-refractivity contribution in [3.63, 3.8) is 0 Å². The summed E-state index contributed by atoms with van der Waals surface area (Å²) in [5, 5.41) is 2.15. The summed E-state index contributed by atoms with van der Waals surface area (Å²) < 4.78 is 0. The van der Waals surface area contributed by atoms with Gasteiger partial charge in [0.1, 0.15) is 6.61 Å². The summed E-state index contributed by atoms with van der Waals surface area (Å²) in [6.45, 7) is 1.93. The lowest BCUT2D eigenvalue weighted by molar-refractivity contribution is 0.129. The van der Waals surface area contributed by atoms with Crippen LogP contribution in [0, 0.1) is 4.91 Å². The zero-order valence-electron chi connectivity index (χ0n) is 4.13. The molecule has 0 saturated carbocycles. The molecule has 7 heavy (non-hydrogen) atoms. The lowest BCUT2D eigenvalue weighted by Crippen LogP contribution is -2.20. The summed E-state index contributed by atoms with van der Waals surface area (Å²) in [6, 6.07) is -0.113. The van der Waals surface area contributed by atoms with Crippen LogP contribution in [0.25, 0.3) is 0 Å². The van der Waals surface area contributed by atoms with Crippen LogP contribution in [-0.2, 0) is 4.84 Å². The van der Waals surface area contributed by atoms with Crippen molar-refractivity contribution in [1.29, 1.82) is 0 Å². The maximum absolute atomic E-state index is 9.18. The molecule has 0 saturated heterocycles. The molecule has 0 aliphatic carbocycles. The van der Waals surface area contributed by atoms with Crippen LogP contribution in [0.5, 0.6) is 0 Å². The van der Waals surface area contributed by atoms with Gasteiger partial charge in [-0.3, -0.25) is 0 Å². The van der Waals surface area contributed by atoms with Crippen molar-refractivity contribution in [2.24, 2.45) is 11.1 Å². The zero-order valence-corrected chi connectivity index (χ0v) is 4.13. The number of hydrogen-bond acceptors (Lipinski definition) is 4. The van der Waals surface area contributed by atoms with Crippen molar-refractivity contribution in [2.45, 2.75) is 13.0 Å². The molecule has 0 aliphatic rings. The summed E-state index contributed by atoms with van der Waals surface area (Å²) >= 11 is 0. The van der Waals surface area contributed by atoms with Gasteiger partial charge in [0.2, 0.25) is 0 Å². The topological polar surface area (TPSA) is 64.7 Å². The second-order valence-corrected chi connectivity index (χ2v) is 1.35. The van der Waals surface area contributed by atoms with Gasteiger partial charge in [-0.1, -0.05) is 0 Å². The van der Waals surface area contributed by atoms with Crippen molar-refractivity contribution in [2.75, 3.05) is 6.61 Å². The molecule has 42 valence electrons. The molecule has 4 heteroatoms. The third-order valence-corrected chi connectivity index (χ3v) is 0.390. The van der Waals surface area contributed by atoms with Crippen LogP contribution in [0.4, 0.5) is 0 Å². The maximum Gasteiger partial charge on any atom is 0.155 e. The number of nitrogens with zero attached hydrogens (tertiary/aromatic N) is 1. The SMILES string of the molecule is CC(N)CON=O. The molecule has 2 N–H and O–H groups in total. The van der Waals surface area contributed by atoms with Gasteiger partial charge in [0.25, 0.3) is 0 Å². The van der Waals surface area contributed by atoms with Gasteiger partial charge in [-0.2, -0.15) is 0 Å². The normalized spacial score (nSPS) is 12.9. The van der Waals surface area contributed by atoms with Crippen LogP contribution in [0.2, 0.25) is 0 Å². The quantitative estimate of drug-likeness (QED) is 0.406. The van der Waals surface area contributed by atoms with Crippen LogP contribution in [-0.4, -0.2) is 12.6 Å². The van der Waals surface area contributed by atoms with E-state index in [-0.39, 0.29) is 12.6 Å². The molecule has 0 bridgehead atoms. The van der Waals surface area contributed by atoms with Crippen LogP contribution in [0.3, 0.4) is 0 Å². The van der Waals surface area contributed by atoms with E-state index in [0.717, 1.165) is 0 Å². The fraction of sp³-hybridized carbons (Fsp3) is 1.00. The van der Waals surface area contributed by atoms with Crippen molar-refractivity contribution in [1.82, 2.24) is 0 Å². The van der Waals surface area contributed by atoms with Crippen LogP contribution in [0.15, 0.2) is 5.34 Å². The zero-order chi connectivity index (χ0) is 5.70. The first-order chi connectivity index (χ1) is 3.27. The van der Waals surface area contributed by atoms with E-state index in [9.17, 15) is 4.91 Å². The molecule has 0 aromatic carbocycles. The molecule has 0 aliphatic heterocycles. The Morgan fingerprint density at radius 1 is 2.00 bits per heavy atom. The fourth-order valence-corrected chi connectivity index (χ4v) is 0.148. The van der Waals surface area contributed by atoms with E-state index in [1.807, 2.05) is 0 Å². The molecule has 0 aromatic rings. The standard InChI is InChI=1S/C3H8N2O2/c1-3(4)2-7-5-6/h3H,2,4H2,1H3. The smallest absolute Gasteiger partial charge is 0.155 e. The average Bonchev–Trinajstić information content (AvgIpc) is 1.61. The molecule has 0 heterocycles. The third-order valence-electron chi connectivity index (χ3n) is 0.390. The molecule has 0 aromatic heterocycles. The monoisotopic (exact) mass is 104 g/mol. The Hall–Kier alpha value is -0.640. The van der Waals surface area contributed by atoms with Crippen molar-refractivity contribution >= 4 is 0 Å². The van der Waals surface area contributed by atoms with Gasteiger partial charge in [-0.15, -0.1) is 4.91 Å². The summed E-state index contributed by atoms with van der Waals surface area (Å²) in [7, 11) is 0. The van der Waals surface area contributed by atoms with E-state index < -0.39 is 0 Å². The van der Waals surface area contributed by atoms with E-state index in [4.69, 9.17) is 5.73 Å². The van der Waals surface area contributed by atoms with Crippen molar-refractivity contribution in [3.8, 4) is 0 Å². The lowest BCUT2D eigenvalue weighted by atomic mass is 10.4. The van der Waals surface area contributed by atoms with Gasteiger partial charge in [0.15, 0.2) is 5.34 Å². The van der Waals surface area contributed by atoms with E-state index in [2.05, 4.69) is 10.2 Å². The molecule has 0 spiro atoms. The Bertz CT molecular complexity index is 54.9. The molecule has 1 unspecified atom stereocenters. The van der Waals surface area contributed by atoms with Gasteiger partial charge in [0, 0.05) is 6.04 Å². The van der Waals surface area contributed by atoms with E-state index >= 15 is 0 Å². The first-order valence-corrected chi connectivity index (χ1v) is 1.97. The summed E-state index contributed by atoms with van der Waals surface area (Å²) in [4.78, 5) is 13.2. The Kier molecular flexibility index (Phi) is 3.22. The van der Waals surface area contributed by atoms with Crippen LogP contribution < -0.4 is 5.73 Å². The van der Waals surface area contributed by atoms with Gasteiger partial charge in [-0.05, 0) is 6.92 Å². The van der Waals surface area contributed by atoms with Crippen molar-refractivity contribution < 1.29 is 4.84 Å². The van der Waals surface area contributed by atoms with E-state index in [0.29, 0.717) is 0 Å². The molecule has 4 nitrogen and oxygen atoms in total. The molecule has 0 rings (SSSR count). The van der Waals surface area contributed by atoms with Gasteiger partial charge < -0.3 is 10.6 Å². The number of nitrogens with two attached hydrogens (primary N) is 1. The van der Waals surface area contributed by atoms with E-state index in [1.54, 1.807) is 6.92 Å². The maximum atomic E-state index is 9.18. The summed E-state index contributed by atoms with van der Waals surface area (Å²) in [5.41, 5.74) is 5.15. The third kappa shape index (κ3) is 5.36. The molecule has 1 atom stereocenters. The minimum Gasteiger partial charge on any atom is -0.362 e. The second kappa shape index (κ2) is 3.55. The number of hydrogen-bond donors (Lipinski definition) is 1. The Morgan fingerprint density at radius 2 is 2.57 bits per heavy atom. The van der Waals surface area contributed by atoms with Gasteiger partial charge >= 0.3 is 0 Å². The lowest BCUT2D eigenvalue weighted by Gasteiger charge is -1.96. The highest BCUT2D eigenvalue weighted by molar-refractivity contribution is 4.45. The second-order valence-electron chi connectivity index (χ2n) is 1.35. The molecular formula is C3H8N2O2. The minimum absolute atomic E-state index is 0.113. The molecule has 0 amide bonds. The van der Waals surface area contributed by atoms with Crippen molar-refractivity contribution in [3.05, 3.63) is 4.91 Å². The fourth-order valence-electron chi connectivity index (χ4n) is 0.148. The van der Waals surface area contributed by atoms with Crippen LogP contribution in [0.1, 0.15) is 6.92 Å². The Labute approximate surface area is 41.6 Å². The van der Waals surface area contributed by atoms with Crippen LogP contribution >= 0.6 is 0 Å². The Balaban J connectivity index is 2.81. The summed E-state index contributed by atoms with van der Waals surface area (Å²) in [5.74, 6) is 0. The highest BCUT2D eigenvalue weighted by Crippen LogP contribution is 1.76.